The standard InChI is InChI=1S/C8H17NO.ClH/c1-9-6-3-2-4-8(9)5-7-10;/h8,10H,2-7H2,1H3;1H. The lowest BCUT2D eigenvalue weighted by atomic mass is 10.0. The summed E-state index contributed by atoms with van der Waals surface area (Å²) >= 11 is 0. The van der Waals surface area contributed by atoms with E-state index in [1.165, 1.54) is 25.8 Å². The second kappa shape index (κ2) is 5.81. The maximum atomic E-state index is 8.71. The minimum absolute atomic E-state index is 0. The molecule has 1 unspecified atom stereocenters. The van der Waals surface area contributed by atoms with Crippen LogP contribution in [0.4, 0.5) is 0 Å². The third-order valence-electron chi connectivity index (χ3n) is 2.38. The quantitative estimate of drug-likeness (QED) is 0.691. The zero-order valence-corrected chi connectivity index (χ0v) is 7.94. The Hall–Kier alpha value is 0.210. The van der Waals surface area contributed by atoms with Gasteiger partial charge in [0.1, 0.15) is 0 Å². The predicted molar refractivity (Wildman–Crippen MR) is 49.2 cm³/mol. The van der Waals surface area contributed by atoms with Crippen molar-refractivity contribution in [3.63, 3.8) is 0 Å². The molecule has 0 bridgehead atoms. The van der Waals surface area contributed by atoms with Gasteiger partial charge in [-0.2, -0.15) is 0 Å². The van der Waals surface area contributed by atoms with Gasteiger partial charge in [0.25, 0.3) is 0 Å². The summed E-state index contributed by atoms with van der Waals surface area (Å²) in [4.78, 5) is 2.36. The monoisotopic (exact) mass is 179 g/mol. The Morgan fingerprint density at radius 2 is 2.18 bits per heavy atom. The molecule has 0 aromatic carbocycles. The fourth-order valence-corrected chi connectivity index (χ4v) is 1.66. The van der Waals surface area contributed by atoms with Gasteiger partial charge in [-0.05, 0) is 32.9 Å². The first-order valence-electron chi connectivity index (χ1n) is 4.15. The maximum Gasteiger partial charge on any atom is 0.0445 e. The minimum Gasteiger partial charge on any atom is -0.396 e. The first kappa shape index (κ1) is 11.2. The van der Waals surface area contributed by atoms with Crippen molar-refractivity contribution in [2.24, 2.45) is 0 Å². The Labute approximate surface area is 75.0 Å². The van der Waals surface area contributed by atoms with Gasteiger partial charge in [-0.15, -0.1) is 12.4 Å². The van der Waals surface area contributed by atoms with Crippen LogP contribution in [-0.2, 0) is 0 Å². The molecule has 3 heteroatoms. The normalized spacial score (nSPS) is 26.2. The van der Waals surface area contributed by atoms with Crippen LogP contribution in [0.3, 0.4) is 0 Å². The molecule has 0 spiro atoms. The zero-order valence-electron chi connectivity index (χ0n) is 7.12. The minimum atomic E-state index is 0. The van der Waals surface area contributed by atoms with Gasteiger partial charge in [0.15, 0.2) is 0 Å². The van der Waals surface area contributed by atoms with Gasteiger partial charge in [-0.3, -0.25) is 0 Å². The van der Waals surface area contributed by atoms with Crippen molar-refractivity contribution in [2.75, 3.05) is 20.2 Å². The molecule has 68 valence electrons. The fraction of sp³-hybridized carbons (Fsp3) is 1.00. The zero-order chi connectivity index (χ0) is 7.40. The van der Waals surface area contributed by atoms with Crippen LogP contribution in [0.2, 0.25) is 0 Å². The SMILES string of the molecule is CN1CCCCC1CCO.Cl. The lowest BCUT2D eigenvalue weighted by Crippen LogP contribution is -2.36. The average molecular weight is 180 g/mol. The lowest BCUT2D eigenvalue weighted by Gasteiger charge is -2.31. The molecule has 0 aromatic rings. The highest BCUT2D eigenvalue weighted by Gasteiger charge is 2.17. The Morgan fingerprint density at radius 3 is 2.73 bits per heavy atom. The number of halogens is 1. The summed E-state index contributed by atoms with van der Waals surface area (Å²) in [5.74, 6) is 0. The van der Waals surface area contributed by atoms with Gasteiger partial charge in [-0.25, -0.2) is 0 Å². The van der Waals surface area contributed by atoms with Gasteiger partial charge in [-0.1, -0.05) is 6.42 Å². The third kappa shape index (κ3) is 3.41. The first-order valence-corrected chi connectivity index (χ1v) is 4.15. The van der Waals surface area contributed by atoms with Crippen molar-refractivity contribution in [3.05, 3.63) is 0 Å². The molecule has 0 aliphatic carbocycles. The first-order chi connectivity index (χ1) is 4.84. The molecule has 1 aliphatic rings. The van der Waals surface area contributed by atoms with E-state index in [4.69, 9.17) is 5.11 Å². The molecule has 1 saturated heterocycles. The van der Waals surface area contributed by atoms with Gasteiger partial charge < -0.3 is 10.0 Å². The molecule has 0 amide bonds. The molecule has 0 aromatic heterocycles. The predicted octanol–water partition coefficient (Wildman–Crippen LogP) is 1.27. The van der Waals surface area contributed by atoms with E-state index < -0.39 is 0 Å². The van der Waals surface area contributed by atoms with Crippen LogP contribution in [0.15, 0.2) is 0 Å². The molecule has 1 aliphatic heterocycles. The van der Waals surface area contributed by atoms with Gasteiger partial charge in [0.05, 0.1) is 0 Å². The van der Waals surface area contributed by atoms with Gasteiger partial charge >= 0.3 is 0 Å². The summed E-state index contributed by atoms with van der Waals surface area (Å²) < 4.78 is 0. The summed E-state index contributed by atoms with van der Waals surface area (Å²) in [6.07, 6.45) is 4.90. The number of likely N-dealkylation sites (tertiary alicyclic amines) is 1. The molecular weight excluding hydrogens is 162 g/mol. The molecule has 2 nitrogen and oxygen atoms in total. The number of nitrogens with zero attached hydrogens (tertiary/aromatic N) is 1. The van der Waals surface area contributed by atoms with E-state index in [1.807, 2.05) is 0 Å². The summed E-state index contributed by atoms with van der Waals surface area (Å²) in [6.45, 7) is 1.56. The highest BCUT2D eigenvalue weighted by Crippen LogP contribution is 2.16. The van der Waals surface area contributed by atoms with E-state index >= 15 is 0 Å². The molecule has 1 N–H and O–H groups in total. The summed E-state index contributed by atoms with van der Waals surface area (Å²) in [5, 5.41) is 8.71. The Kier molecular flexibility index (Phi) is 5.92. The summed E-state index contributed by atoms with van der Waals surface area (Å²) in [7, 11) is 2.15. The number of hydrogen-bond acceptors (Lipinski definition) is 2. The molecule has 1 rings (SSSR count). The smallest absolute Gasteiger partial charge is 0.0445 e. The molecular formula is C8H18ClNO. The largest absolute Gasteiger partial charge is 0.396 e. The van der Waals surface area contributed by atoms with E-state index in [-0.39, 0.29) is 12.4 Å². The van der Waals surface area contributed by atoms with Crippen LogP contribution in [0.1, 0.15) is 25.7 Å². The number of aliphatic hydroxyl groups is 1. The van der Waals surface area contributed by atoms with Crippen molar-refractivity contribution in [3.8, 4) is 0 Å². The highest BCUT2D eigenvalue weighted by atomic mass is 35.5. The van der Waals surface area contributed by atoms with Crippen LogP contribution < -0.4 is 0 Å². The Balaban J connectivity index is 0.000001000. The van der Waals surface area contributed by atoms with E-state index in [2.05, 4.69) is 11.9 Å². The molecule has 0 radical (unpaired) electrons. The number of aliphatic hydroxyl groups excluding tert-OH is 1. The molecule has 1 heterocycles. The van der Waals surface area contributed by atoms with E-state index in [9.17, 15) is 0 Å². The number of piperidine rings is 1. The van der Waals surface area contributed by atoms with Crippen molar-refractivity contribution >= 4 is 12.4 Å². The second-order valence-electron chi connectivity index (χ2n) is 3.14. The van der Waals surface area contributed by atoms with Crippen LogP contribution in [-0.4, -0.2) is 36.2 Å². The Morgan fingerprint density at radius 1 is 1.45 bits per heavy atom. The van der Waals surface area contributed by atoms with Crippen LogP contribution in [0.5, 0.6) is 0 Å². The average Bonchev–Trinajstić information content (AvgIpc) is 1.94. The van der Waals surface area contributed by atoms with Crippen LogP contribution in [0, 0.1) is 0 Å². The van der Waals surface area contributed by atoms with Crippen molar-refractivity contribution in [1.29, 1.82) is 0 Å². The molecule has 1 fully saturated rings. The summed E-state index contributed by atoms with van der Waals surface area (Å²) in [6, 6.07) is 0.652. The van der Waals surface area contributed by atoms with E-state index in [1.54, 1.807) is 0 Å². The lowest BCUT2D eigenvalue weighted by molar-refractivity contribution is 0.147. The summed E-state index contributed by atoms with van der Waals surface area (Å²) in [5.41, 5.74) is 0. The second-order valence-corrected chi connectivity index (χ2v) is 3.14. The van der Waals surface area contributed by atoms with Gasteiger partial charge in [0.2, 0.25) is 0 Å². The maximum absolute atomic E-state index is 8.71. The van der Waals surface area contributed by atoms with Gasteiger partial charge in [0, 0.05) is 12.6 Å². The van der Waals surface area contributed by atoms with E-state index in [0.29, 0.717) is 12.6 Å². The number of hydrogen-bond donors (Lipinski definition) is 1. The molecule has 11 heavy (non-hydrogen) atoms. The topological polar surface area (TPSA) is 23.5 Å². The molecule has 0 saturated carbocycles. The number of rotatable bonds is 2. The van der Waals surface area contributed by atoms with Crippen LogP contribution >= 0.6 is 12.4 Å². The van der Waals surface area contributed by atoms with Crippen LogP contribution in [0.25, 0.3) is 0 Å². The third-order valence-corrected chi connectivity index (χ3v) is 2.38. The highest BCUT2D eigenvalue weighted by molar-refractivity contribution is 5.85. The fourth-order valence-electron chi connectivity index (χ4n) is 1.66. The Bertz CT molecular complexity index is 98.1. The molecule has 1 atom stereocenters. The van der Waals surface area contributed by atoms with Crippen molar-refractivity contribution in [2.45, 2.75) is 31.7 Å². The van der Waals surface area contributed by atoms with E-state index in [0.717, 1.165) is 6.42 Å². The van der Waals surface area contributed by atoms with Crippen molar-refractivity contribution < 1.29 is 5.11 Å². The van der Waals surface area contributed by atoms with Crippen molar-refractivity contribution in [1.82, 2.24) is 4.90 Å².